The zero-order valence-corrected chi connectivity index (χ0v) is 14.0. The molecule has 4 rings (SSSR count). The van der Waals surface area contributed by atoms with Crippen LogP contribution in [0.2, 0.25) is 0 Å². The van der Waals surface area contributed by atoms with Crippen molar-refractivity contribution in [3.05, 3.63) is 0 Å². The van der Waals surface area contributed by atoms with Gasteiger partial charge in [-0.2, -0.15) is 0 Å². The fraction of sp³-hybridized carbons (Fsp3) is 1.00. The van der Waals surface area contributed by atoms with Crippen molar-refractivity contribution in [2.45, 2.75) is 84.7 Å². The van der Waals surface area contributed by atoms with Crippen LogP contribution in [0.5, 0.6) is 0 Å². The minimum absolute atomic E-state index is 0.0810. The molecule has 0 N–H and O–H groups in total. The van der Waals surface area contributed by atoms with Gasteiger partial charge >= 0.3 is 0 Å². The summed E-state index contributed by atoms with van der Waals surface area (Å²) >= 11 is 0. The summed E-state index contributed by atoms with van der Waals surface area (Å²) in [5.41, 5.74) is 0.836. The van der Waals surface area contributed by atoms with Crippen LogP contribution in [-0.4, -0.2) is 17.5 Å². The molecule has 0 aromatic carbocycles. The van der Waals surface area contributed by atoms with E-state index in [1.165, 1.54) is 25.7 Å². The zero-order valence-electron chi connectivity index (χ0n) is 14.0. The minimum atomic E-state index is -0.409. The summed E-state index contributed by atoms with van der Waals surface area (Å²) < 4.78 is 12.8. The monoisotopic (exact) mass is 278 g/mol. The van der Waals surface area contributed by atoms with Gasteiger partial charge in [-0.1, -0.05) is 20.8 Å². The molecule has 6 atom stereocenters. The molecule has 114 valence electrons. The van der Waals surface area contributed by atoms with E-state index in [0.717, 1.165) is 11.8 Å². The van der Waals surface area contributed by atoms with E-state index >= 15 is 0 Å². The third-order valence-electron chi connectivity index (χ3n) is 7.73. The molecule has 1 aliphatic heterocycles. The van der Waals surface area contributed by atoms with Crippen LogP contribution in [-0.2, 0) is 9.47 Å². The van der Waals surface area contributed by atoms with Crippen molar-refractivity contribution in [2.24, 2.45) is 28.6 Å². The zero-order chi connectivity index (χ0) is 14.6. The fourth-order valence-corrected chi connectivity index (χ4v) is 7.01. The van der Waals surface area contributed by atoms with Crippen molar-refractivity contribution in [2.75, 3.05) is 0 Å². The summed E-state index contributed by atoms with van der Waals surface area (Å²) in [4.78, 5) is 0. The fourth-order valence-electron chi connectivity index (χ4n) is 7.01. The molecule has 4 fully saturated rings. The van der Waals surface area contributed by atoms with Crippen LogP contribution in [0.1, 0.15) is 67.2 Å². The number of ether oxygens (including phenoxy) is 2. The van der Waals surface area contributed by atoms with Crippen molar-refractivity contribution >= 4 is 0 Å². The van der Waals surface area contributed by atoms with E-state index in [1.54, 1.807) is 0 Å². The maximum Gasteiger partial charge on any atom is 0.164 e. The van der Waals surface area contributed by atoms with Crippen molar-refractivity contribution in [3.63, 3.8) is 0 Å². The molecule has 1 heterocycles. The molecule has 1 saturated heterocycles. The van der Waals surface area contributed by atoms with Crippen molar-refractivity contribution in [1.82, 2.24) is 0 Å². The number of hydrogen-bond donors (Lipinski definition) is 0. The standard InChI is InChI=1S/C18H30O2/c1-11-7-8-12-15(2,3)13-9-18(11,12)10-14-17(13,6)20-16(4,5)19-14/h11-14H,7-10H2,1-6H3/t11-,12-,13-,14-,17-,18+/m0/s1. The Kier molecular flexibility index (Phi) is 2.35. The average Bonchev–Trinajstić information content (AvgIpc) is 2.80. The molecule has 3 aliphatic carbocycles. The van der Waals surface area contributed by atoms with Gasteiger partial charge in [-0.3, -0.25) is 0 Å². The van der Waals surface area contributed by atoms with Gasteiger partial charge in [0, 0.05) is 0 Å². The Hall–Kier alpha value is -0.0800. The molecular formula is C18H30O2. The molecule has 0 radical (unpaired) electrons. The predicted molar refractivity (Wildman–Crippen MR) is 79.3 cm³/mol. The summed E-state index contributed by atoms with van der Waals surface area (Å²) in [6.07, 6.45) is 5.70. The molecule has 3 saturated carbocycles. The van der Waals surface area contributed by atoms with E-state index in [1.807, 2.05) is 0 Å². The van der Waals surface area contributed by atoms with Gasteiger partial charge in [0.25, 0.3) is 0 Å². The van der Waals surface area contributed by atoms with E-state index in [9.17, 15) is 0 Å². The molecule has 4 aliphatic rings. The Bertz CT molecular complexity index is 454. The first kappa shape index (κ1) is 13.6. The van der Waals surface area contributed by atoms with Gasteiger partial charge in [-0.25, -0.2) is 0 Å². The lowest BCUT2D eigenvalue weighted by atomic mass is 9.63. The topological polar surface area (TPSA) is 18.5 Å². The summed E-state index contributed by atoms with van der Waals surface area (Å²) in [5, 5.41) is 0. The summed E-state index contributed by atoms with van der Waals surface area (Å²) in [6.45, 7) is 14.0. The Morgan fingerprint density at radius 3 is 2.30 bits per heavy atom. The second kappa shape index (κ2) is 3.46. The molecule has 1 spiro atoms. The largest absolute Gasteiger partial charge is 0.344 e. The van der Waals surface area contributed by atoms with Crippen molar-refractivity contribution < 1.29 is 9.47 Å². The van der Waals surface area contributed by atoms with Gasteiger partial charge in [0.2, 0.25) is 0 Å². The van der Waals surface area contributed by atoms with Gasteiger partial charge in [0.05, 0.1) is 11.7 Å². The van der Waals surface area contributed by atoms with Crippen LogP contribution in [0.25, 0.3) is 0 Å². The third kappa shape index (κ3) is 1.34. The van der Waals surface area contributed by atoms with E-state index in [-0.39, 0.29) is 5.60 Å². The first-order chi connectivity index (χ1) is 9.12. The molecular weight excluding hydrogens is 248 g/mol. The van der Waals surface area contributed by atoms with Crippen LogP contribution in [0.15, 0.2) is 0 Å². The lowest BCUT2D eigenvalue weighted by molar-refractivity contribution is -0.177. The molecule has 2 nitrogen and oxygen atoms in total. The maximum absolute atomic E-state index is 6.48. The Labute approximate surface area is 123 Å². The normalized spacial score (nSPS) is 58.5. The first-order valence-corrected chi connectivity index (χ1v) is 8.50. The quantitative estimate of drug-likeness (QED) is 0.654. The van der Waals surface area contributed by atoms with Gasteiger partial charge < -0.3 is 9.47 Å². The van der Waals surface area contributed by atoms with Crippen LogP contribution in [0.4, 0.5) is 0 Å². The molecule has 20 heavy (non-hydrogen) atoms. The highest BCUT2D eigenvalue weighted by atomic mass is 16.8. The highest BCUT2D eigenvalue weighted by molar-refractivity contribution is 5.21. The molecule has 0 amide bonds. The second-order valence-corrected chi connectivity index (χ2v) is 9.34. The summed E-state index contributed by atoms with van der Waals surface area (Å²) in [6, 6.07) is 0. The average molecular weight is 278 g/mol. The third-order valence-corrected chi connectivity index (χ3v) is 7.73. The number of hydrogen-bond acceptors (Lipinski definition) is 2. The lowest BCUT2D eigenvalue weighted by Crippen LogP contribution is -2.52. The van der Waals surface area contributed by atoms with Crippen molar-refractivity contribution in [1.29, 1.82) is 0 Å². The first-order valence-electron chi connectivity index (χ1n) is 8.50. The predicted octanol–water partition coefficient (Wildman–Crippen LogP) is 4.38. The van der Waals surface area contributed by atoms with E-state index in [0.29, 0.717) is 22.9 Å². The number of rotatable bonds is 0. The minimum Gasteiger partial charge on any atom is -0.344 e. The van der Waals surface area contributed by atoms with Gasteiger partial charge in [0.1, 0.15) is 0 Å². The van der Waals surface area contributed by atoms with Gasteiger partial charge in [-0.05, 0) is 75.0 Å². The maximum atomic E-state index is 6.48. The van der Waals surface area contributed by atoms with Gasteiger partial charge in [-0.15, -0.1) is 0 Å². The lowest BCUT2D eigenvalue weighted by Gasteiger charge is -2.47. The Balaban J connectivity index is 1.82. The highest BCUT2D eigenvalue weighted by Gasteiger charge is 2.73. The molecule has 0 aromatic rings. The summed E-state index contributed by atoms with van der Waals surface area (Å²) in [7, 11) is 0. The van der Waals surface area contributed by atoms with Crippen LogP contribution in [0.3, 0.4) is 0 Å². The molecule has 0 unspecified atom stereocenters. The van der Waals surface area contributed by atoms with Crippen LogP contribution in [0, 0.1) is 28.6 Å². The Morgan fingerprint density at radius 1 is 0.900 bits per heavy atom. The second-order valence-electron chi connectivity index (χ2n) is 9.34. The summed E-state index contributed by atoms with van der Waals surface area (Å²) in [5.74, 6) is 1.96. The molecule has 2 bridgehead atoms. The molecule has 0 aromatic heterocycles. The highest BCUT2D eigenvalue weighted by Crippen LogP contribution is 2.75. The van der Waals surface area contributed by atoms with Crippen LogP contribution < -0.4 is 0 Å². The van der Waals surface area contributed by atoms with Crippen molar-refractivity contribution in [3.8, 4) is 0 Å². The van der Waals surface area contributed by atoms with Crippen LogP contribution >= 0.6 is 0 Å². The van der Waals surface area contributed by atoms with Gasteiger partial charge in [0.15, 0.2) is 5.79 Å². The smallest absolute Gasteiger partial charge is 0.164 e. The Morgan fingerprint density at radius 2 is 1.60 bits per heavy atom. The van der Waals surface area contributed by atoms with E-state index in [2.05, 4.69) is 41.5 Å². The van der Waals surface area contributed by atoms with E-state index < -0.39 is 5.79 Å². The van der Waals surface area contributed by atoms with E-state index in [4.69, 9.17) is 9.47 Å². The molecule has 2 heteroatoms. The number of fused-ring (bicyclic) bond motifs is 3. The SMILES string of the molecule is C[C@H]1CC[C@H]2C(C)(C)[C@@H]3C[C@@]12C[C@@H]1OC(C)(C)O[C@]13C.